The van der Waals surface area contributed by atoms with Crippen molar-refractivity contribution in [3.8, 4) is 0 Å². The van der Waals surface area contributed by atoms with Crippen molar-refractivity contribution < 1.29 is 14.0 Å². The fraction of sp³-hybridized carbons (Fsp3) is 0.385. The number of benzene rings is 1. The van der Waals surface area contributed by atoms with Gasteiger partial charge in [-0.2, -0.15) is 0 Å². The highest BCUT2D eigenvalue weighted by molar-refractivity contribution is 7.80. The lowest BCUT2D eigenvalue weighted by Crippen LogP contribution is -2.45. The van der Waals surface area contributed by atoms with E-state index in [1.807, 2.05) is 6.92 Å². The molecule has 104 valence electrons. The van der Waals surface area contributed by atoms with Gasteiger partial charge in [-0.25, -0.2) is 4.39 Å². The molecule has 4 nitrogen and oxygen atoms in total. The zero-order valence-electron chi connectivity index (χ0n) is 11.1. The molecule has 0 aliphatic rings. The molecule has 0 aromatic heterocycles. The fourth-order valence-corrected chi connectivity index (χ4v) is 1.71. The van der Waals surface area contributed by atoms with Crippen molar-refractivity contribution in [1.82, 2.24) is 10.2 Å². The van der Waals surface area contributed by atoms with E-state index in [0.717, 1.165) is 0 Å². The van der Waals surface area contributed by atoms with Crippen LogP contribution in [0.4, 0.5) is 4.39 Å². The Morgan fingerprint density at radius 3 is 2.68 bits per heavy atom. The largest absolute Gasteiger partial charge is 0.344 e. The quantitative estimate of drug-likeness (QED) is 0.827. The highest BCUT2D eigenvalue weighted by atomic mass is 32.1. The smallest absolute Gasteiger partial charge is 0.254 e. The van der Waals surface area contributed by atoms with Crippen LogP contribution in [0.15, 0.2) is 23.1 Å². The van der Waals surface area contributed by atoms with Gasteiger partial charge in [0.1, 0.15) is 11.9 Å². The van der Waals surface area contributed by atoms with Crippen LogP contribution >= 0.6 is 12.6 Å². The molecule has 0 aliphatic heterocycles. The first-order chi connectivity index (χ1) is 8.86. The summed E-state index contributed by atoms with van der Waals surface area (Å²) in [6.45, 7) is 3.94. The number of carbonyl (C=O) groups excluding carboxylic acids is 2. The second-order valence-corrected chi connectivity index (χ2v) is 4.73. The Labute approximate surface area is 117 Å². The Morgan fingerprint density at radius 1 is 1.47 bits per heavy atom. The third-order valence-electron chi connectivity index (χ3n) is 2.76. The zero-order valence-corrected chi connectivity index (χ0v) is 12.0. The first-order valence-corrected chi connectivity index (χ1v) is 6.35. The van der Waals surface area contributed by atoms with E-state index in [9.17, 15) is 14.0 Å². The van der Waals surface area contributed by atoms with Gasteiger partial charge in [0, 0.05) is 18.5 Å². The molecule has 19 heavy (non-hydrogen) atoms. The van der Waals surface area contributed by atoms with Crippen molar-refractivity contribution in [3.05, 3.63) is 29.6 Å². The zero-order chi connectivity index (χ0) is 14.6. The Bertz CT molecular complexity index is 494. The molecule has 0 saturated carbocycles. The van der Waals surface area contributed by atoms with Gasteiger partial charge in [0.15, 0.2) is 0 Å². The summed E-state index contributed by atoms with van der Waals surface area (Å²) in [5.41, 5.74) is -0.119. The Balaban J connectivity index is 2.80. The van der Waals surface area contributed by atoms with Crippen molar-refractivity contribution in [3.63, 3.8) is 0 Å². The van der Waals surface area contributed by atoms with Gasteiger partial charge >= 0.3 is 0 Å². The summed E-state index contributed by atoms with van der Waals surface area (Å²) in [7, 11) is 1.64. The molecule has 0 saturated heterocycles. The first-order valence-electron chi connectivity index (χ1n) is 5.91. The maximum atomic E-state index is 13.5. The van der Waals surface area contributed by atoms with Crippen LogP contribution in [0.5, 0.6) is 0 Å². The lowest BCUT2D eigenvalue weighted by atomic mass is 10.2. The van der Waals surface area contributed by atoms with Gasteiger partial charge in [-0.1, -0.05) is 0 Å². The Hall–Kier alpha value is -1.56. The molecular weight excluding hydrogens is 267 g/mol. The van der Waals surface area contributed by atoms with Gasteiger partial charge in [-0.3, -0.25) is 9.59 Å². The average molecular weight is 284 g/mol. The summed E-state index contributed by atoms with van der Waals surface area (Å²) in [5.74, 6) is -1.49. The highest BCUT2D eigenvalue weighted by Gasteiger charge is 2.20. The van der Waals surface area contributed by atoms with Gasteiger partial charge < -0.3 is 10.2 Å². The number of amides is 2. The normalized spacial score (nSPS) is 11.8. The summed E-state index contributed by atoms with van der Waals surface area (Å²) in [6, 6.07) is 3.24. The number of nitrogens with zero attached hydrogens (tertiary/aromatic N) is 1. The predicted molar refractivity (Wildman–Crippen MR) is 73.9 cm³/mol. The molecule has 1 aromatic rings. The predicted octanol–water partition coefficient (Wildman–Crippen LogP) is 1.71. The third-order valence-corrected chi connectivity index (χ3v) is 3.04. The average Bonchev–Trinajstić information content (AvgIpc) is 2.39. The molecule has 1 rings (SSSR count). The van der Waals surface area contributed by atoms with Crippen LogP contribution in [0.3, 0.4) is 0 Å². The van der Waals surface area contributed by atoms with Gasteiger partial charge in [0.25, 0.3) is 5.91 Å². The fourth-order valence-electron chi connectivity index (χ4n) is 1.51. The first kappa shape index (κ1) is 15.5. The number of likely N-dealkylation sites (N-methyl/N-ethyl adjacent to an activating group) is 1. The molecule has 0 fully saturated rings. The third kappa shape index (κ3) is 3.96. The van der Waals surface area contributed by atoms with Gasteiger partial charge in [0.05, 0.1) is 5.56 Å². The van der Waals surface area contributed by atoms with Crippen LogP contribution in [0.25, 0.3) is 0 Å². The van der Waals surface area contributed by atoms with Crippen LogP contribution in [0.2, 0.25) is 0 Å². The maximum absolute atomic E-state index is 13.5. The number of carbonyl (C=O) groups is 2. The minimum Gasteiger partial charge on any atom is -0.344 e. The summed E-state index contributed by atoms with van der Waals surface area (Å²) >= 11 is 4.05. The van der Waals surface area contributed by atoms with E-state index in [-0.39, 0.29) is 11.5 Å². The minimum atomic E-state index is -0.708. The molecule has 6 heteroatoms. The molecule has 0 aliphatic carbocycles. The number of thiol groups is 1. The lowest BCUT2D eigenvalue weighted by molar-refractivity contribution is -0.131. The number of nitrogens with one attached hydrogen (secondary N) is 1. The van der Waals surface area contributed by atoms with E-state index in [0.29, 0.717) is 11.4 Å². The molecule has 0 spiro atoms. The van der Waals surface area contributed by atoms with Crippen LogP contribution in [-0.2, 0) is 4.79 Å². The highest BCUT2D eigenvalue weighted by Crippen LogP contribution is 2.13. The standard InChI is InChI=1S/C13H17FN2O2S/c1-4-16(3)13(18)8(2)15-12(17)10-7-9(19)5-6-11(10)14/h5-8,19H,4H2,1-3H3,(H,15,17). The van der Waals surface area contributed by atoms with Crippen LogP contribution in [0.1, 0.15) is 24.2 Å². The van der Waals surface area contributed by atoms with Crippen molar-refractivity contribution in [2.45, 2.75) is 24.8 Å². The second-order valence-electron chi connectivity index (χ2n) is 4.21. The van der Waals surface area contributed by atoms with Crippen molar-refractivity contribution in [2.75, 3.05) is 13.6 Å². The summed E-state index contributed by atoms with van der Waals surface area (Å²) in [5, 5.41) is 2.48. The molecule has 1 N–H and O–H groups in total. The molecular formula is C13H17FN2O2S. The summed E-state index contributed by atoms with van der Waals surface area (Å²) in [6.07, 6.45) is 0. The van der Waals surface area contributed by atoms with E-state index in [2.05, 4.69) is 17.9 Å². The molecule has 1 unspecified atom stereocenters. The Morgan fingerprint density at radius 2 is 2.11 bits per heavy atom. The van der Waals surface area contributed by atoms with E-state index in [4.69, 9.17) is 0 Å². The monoisotopic (exact) mass is 284 g/mol. The van der Waals surface area contributed by atoms with Crippen LogP contribution < -0.4 is 5.32 Å². The molecule has 1 atom stereocenters. The molecule has 0 radical (unpaired) electrons. The summed E-state index contributed by atoms with van der Waals surface area (Å²) < 4.78 is 13.5. The number of rotatable bonds is 4. The van der Waals surface area contributed by atoms with E-state index < -0.39 is 17.8 Å². The van der Waals surface area contributed by atoms with E-state index >= 15 is 0 Å². The second kappa shape index (κ2) is 6.56. The van der Waals surface area contributed by atoms with Gasteiger partial charge in [0.2, 0.25) is 5.91 Å². The Kier molecular flexibility index (Phi) is 5.35. The number of halogens is 1. The molecule has 1 aromatic carbocycles. The minimum absolute atomic E-state index is 0.119. The van der Waals surface area contributed by atoms with Crippen LogP contribution in [-0.4, -0.2) is 36.3 Å². The molecule has 0 bridgehead atoms. The number of hydrogen-bond donors (Lipinski definition) is 2. The van der Waals surface area contributed by atoms with E-state index in [1.165, 1.54) is 23.1 Å². The van der Waals surface area contributed by atoms with Crippen LogP contribution in [0, 0.1) is 5.82 Å². The SMILES string of the molecule is CCN(C)C(=O)C(C)NC(=O)c1cc(S)ccc1F. The lowest BCUT2D eigenvalue weighted by Gasteiger charge is -2.20. The molecule has 2 amide bonds. The van der Waals surface area contributed by atoms with Gasteiger partial charge in [-0.15, -0.1) is 12.6 Å². The summed E-state index contributed by atoms with van der Waals surface area (Å²) in [4.78, 5) is 25.6. The van der Waals surface area contributed by atoms with Gasteiger partial charge in [-0.05, 0) is 32.0 Å². The van der Waals surface area contributed by atoms with Crippen molar-refractivity contribution >= 4 is 24.4 Å². The molecule has 0 heterocycles. The van der Waals surface area contributed by atoms with Crippen molar-refractivity contribution in [2.24, 2.45) is 0 Å². The maximum Gasteiger partial charge on any atom is 0.254 e. The van der Waals surface area contributed by atoms with Crippen molar-refractivity contribution in [1.29, 1.82) is 0 Å². The van der Waals surface area contributed by atoms with E-state index in [1.54, 1.807) is 14.0 Å². The topological polar surface area (TPSA) is 49.4 Å². The number of hydrogen-bond acceptors (Lipinski definition) is 3.